The molecule has 0 aromatic heterocycles. The van der Waals surface area contributed by atoms with Crippen molar-refractivity contribution in [2.75, 3.05) is 6.61 Å². The fraction of sp³-hybridized carbons (Fsp3) is 0.471. The highest BCUT2D eigenvalue weighted by molar-refractivity contribution is 6.30. The maximum atomic E-state index is 12.1. The van der Waals surface area contributed by atoms with Crippen LogP contribution >= 0.6 is 11.6 Å². The zero-order chi connectivity index (χ0) is 17.7. The molecule has 1 aromatic carbocycles. The zero-order valence-electron chi connectivity index (χ0n) is 13.7. The maximum Gasteiger partial charge on any atom is 0.344 e. The second-order valence-electron chi connectivity index (χ2n) is 5.96. The summed E-state index contributed by atoms with van der Waals surface area (Å²) in [7, 11) is 0. The van der Waals surface area contributed by atoms with Gasteiger partial charge in [0, 0.05) is 13.3 Å². The van der Waals surface area contributed by atoms with Crippen LogP contribution in [0.15, 0.2) is 30.3 Å². The Labute approximate surface area is 145 Å². The van der Waals surface area contributed by atoms with E-state index in [0.717, 1.165) is 5.56 Å². The molecule has 0 bridgehead atoms. The van der Waals surface area contributed by atoms with Gasteiger partial charge >= 0.3 is 11.9 Å². The molecule has 0 aliphatic carbocycles. The number of alkyl halides is 1. The van der Waals surface area contributed by atoms with Gasteiger partial charge in [-0.3, -0.25) is 9.59 Å². The van der Waals surface area contributed by atoms with Gasteiger partial charge in [0.1, 0.15) is 6.61 Å². The van der Waals surface area contributed by atoms with Gasteiger partial charge in [0.15, 0.2) is 0 Å². The summed E-state index contributed by atoms with van der Waals surface area (Å²) in [4.78, 5) is 36.2. The summed E-state index contributed by atoms with van der Waals surface area (Å²) in [6.45, 7) is 3.38. The van der Waals surface area contributed by atoms with Crippen molar-refractivity contribution < 1.29 is 23.9 Å². The Morgan fingerprint density at radius 1 is 1.29 bits per heavy atom. The molecule has 6 nitrogen and oxygen atoms in total. The van der Waals surface area contributed by atoms with E-state index in [1.54, 1.807) is 6.92 Å². The second-order valence-corrected chi connectivity index (χ2v) is 6.37. The minimum Gasteiger partial charge on any atom is -0.466 e. The van der Waals surface area contributed by atoms with Gasteiger partial charge in [0.25, 0.3) is 0 Å². The van der Waals surface area contributed by atoms with E-state index < -0.39 is 17.0 Å². The zero-order valence-corrected chi connectivity index (χ0v) is 14.4. The third-order valence-corrected chi connectivity index (χ3v) is 4.35. The largest absolute Gasteiger partial charge is 0.466 e. The van der Waals surface area contributed by atoms with Gasteiger partial charge in [0.05, 0.1) is 18.6 Å². The first kappa shape index (κ1) is 18.3. The molecule has 0 saturated carbocycles. The number of halogens is 1. The van der Waals surface area contributed by atoms with Crippen LogP contribution in [0, 0.1) is 0 Å². The van der Waals surface area contributed by atoms with Gasteiger partial charge in [-0.1, -0.05) is 41.9 Å². The number of esters is 2. The van der Waals surface area contributed by atoms with E-state index in [-0.39, 0.29) is 31.5 Å². The molecule has 2 atom stereocenters. The summed E-state index contributed by atoms with van der Waals surface area (Å²) in [5.74, 6) is -1.29. The lowest BCUT2D eigenvalue weighted by atomic mass is 9.83. The lowest BCUT2D eigenvalue weighted by Gasteiger charge is -2.51. The molecule has 0 radical (unpaired) electrons. The van der Waals surface area contributed by atoms with Crippen LogP contribution in [0.2, 0.25) is 0 Å². The Kier molecular flexibility index (Phi) is 5.83. The smallest absolute Gasteiger partial charge is 0.344 e. The first-order chi connectivity index (χ1) is 11.3. The Morgan fingerprint density at radius 2 is 1.96 bits per heavy atom. The Hall–Kier alpha value is -2.08. The molecule has 0 N–H and O–H groups in total. The van der Waals surface area contributed by atoms with Crippen molar-refractivity contribution in [3.8, 4) is 0 Å². The fourth-order valence-corrected chi connectivity index (χ4v) is 3.04. The highest BCUT2D eigenvalue weighted by atomic mass is 35.5. The average molecular weight is 354 g/mol. The molecule has 24 heavy (non-hydrogen) atoms. The number of hydrogen-bond acceptors (Lipinski definition) is 5. The molecule has 1 heterocycles. The molecule has 1 aliphatic rings. The highest BCUT2D eigenvalue weighted by Gasteiger charge is 2.52. The third-order valence-electron chi connectivity index (χ3n) is 3.97. The number of β-lactam (4-membered cyclic amide) rings is 1. The highest BCUT2D eigenvalue weighted by Crippen LogP contribution is 2.38. The molecule has 1 amide bonds. The van der Waals surface area contributed by atoms with Crippen LogP contribution in [0.25, 0.3) is 0 Å². The molecule has 2 rings (SSSR count). The van der Waals surface area contributed by atoms with Crippen molar-refractivity contribution in [1.82, 2.24) is 4.90 Å². The SMILES string of the molecule is CC(=O)OCCC1(C)CC(=O)N1C(Cl)C(=O)OCc1ccccc1. The molecular formula is C17H20ClNO5. The van der Waals surface area contributed by atoms with E-state index in [2.05, 4.69) is 0 Å². The van der Waals surface area contributed by atoms with Crippen molar-refractivity contribution >= 4 is 29.4 Å². The van der Waals surface area contributed by atoms with Crippen LogP contribution in [0.4, 0.5) is 0 Å². The minimum atomic E-state index is -1.20. The van der Waals surface area contributed by atoms with Crippen molar-refractivity contribution in [2.24, 2.45) is 0 Å². The van der Waals surface area contributed by atoms with Crippen LogP contribution in [0.5, 0.6) is 0 Å². The Morgan fingerprint density at radius 3 is 2.54 bits per heavy atom. The molecule has 130 valence electrons. The minimum absolute atomic E-state index is 0.0923. The number of ether oxygens (including phenoxy) is 2. The summed E-state index contributed by atoms with van der Waals surface area (Å²) in [5.41, 5.74) is -0.982. The summed E-state index contributed by atoms with van der Waals surface area (Å²) in [5, 5.41) is 0. The number of carbonyl (C=O) groups excluding carboxylic acids is 3. The first-order valence-corrected chi connectivity index (χ1v) is 8.07. The van der Waals surface area contributed by atoms with Crippen molar-refractivity contribution in [3.05, 3.63) is 35.9 Å². The standard InChI is InChI=1S/C17H20ClNO5/c1-12(20)23-9-8-17(2)10-14(21)19(17)15(18)16(22)24-11-13-6-4-3-5-7-13/h3-7,15H,8-11H2,1-2H3. The van der Waals surface area contributed by atoms with E-state index in [9.17, 15) is 14.4 Å². The van der Waals surface area contributed by atoms with Crippen LogP contribution in [0.1, 0.15) is 32.3 Å². The van der Waals surface area contributed by atoms with Gasteiger partial charge in [0.2, 0.25) is 11.4 Å². The van der Waals surface area contributed by atoms with E-state index in [0.29, 0.717) is 6.42 Å². The maximum absolute atomic E-state index is 12.1. The number of likely N-dealkylation sites (tertiary alicyclic amines) is 1. The topological polar surface area (TPSA) is 72.9 Å². The molecule has 1 aromatic rings. The van der Waals surface area contributed by atoms with Crippen molar-refractivity contribution in [3.63, 3.8) is 0 Å². The Balaban J connectivity index is 1.91. The van der Waals surface area contributed by atoms with Crippen LogP contribution in [-0.4, -0.2) is 40.4 Å². The van der Waals surface area contributed by atoms with Crippen molar-refractivity contribution in [1.29, 1.82) is 0 Å². The molecule has 7 heteroatoms. The lowest BCUT2D eigenvalue weighted by molar-refractivity contribution is -0.170. The van der Waals surface area contributed by atoms with Crippen LogP contribution in [-0.2, 0) is 30.5 Å². The number of carbonyl (C=O) groups is 3. The summed E-state index contributed by atoms with van der Waals surface area (Å²) in [6, 6.07) is 9.20. The monoisotopic (exact) mass is 353 g/mol. The average Bonchev–Trinajstić information content (AvgIpc) is 2.52. The van der Waals surface area contributed by atoms with Gasteiger partial charge < -0.3 is 14.4 Å². The number of nitrogens with zero attached hydrogens (tertiary/aromatic N) is 1. The predicted octanol–water partition coefficient (Wildman–Crippen LogP) is 2.24. The number of benzene rings is 1. The van der Waals surface area contributed by atoms with E-state index in [1.165, 1.54) is 11.8 Å². The molecule has 2 unspecified atom stereocenters. The lowest BCUT2D eigenvalue weighted by Crippen LogP contribution is -2.66. The van der Waals surface area contributed by atoms with Gasteiger partial charge in [-0.2, -0.15) is 0 Å². The van der Waals surface area contributed by atoms with Gasteiger partial charge in [-0.25, -0.2) is 4.79 Å². The van der Waals surface area contributed by atoms with E-state index in [1.807, 2.05) is 30.3 Å². The van der Waals surface area contributed by atoms with Gasteiger partial charge in [-0.05, 0) is 12.5 Å². The van der Waals surface area contributed by atoms with Crippen molar-refractivity contribution in [2.45, 2.75) is 44.3 Å². The molecule has 1 fully saturated rings. The number of hydrogen-bond donors (Lipinski definition) is 0. The van der Waals surface area contributed by atoms with Crippen LogP contribution < -0.4 is 0 Å². The summed E-state index contributed by atoms with van der Waals surface area (Å²) in [6.07, 6.45) is 0.664. The first-order valence-electron chi connectivity index (χ1n) is 7.64. The quantitative estimate of drug-likeness (QED) is 0.325. The number of rotatable bonds is 7. The van der Waals surface area contributed by atoms with Crippen LogP contribution in [0.3, 0.4) is 0 Å². The van der Waals surface area contributed by atoms with E-state index in [4.69, 9.17) is 21.1 Å². The molecule has 0 spiro atoms. The summed E-state index contributed by atoms with van der Waals surface area (Å²) < 4.78 is 10.1. The Bertz CT molecular complexity index is 621. The van der Waals surface area contributed by atoms with E-state index >= 15 is 0 Å². The predicted molar refractivity (Wildman–Crippen MR) is 87.0 cm³/mol. The summed E-state index contributed by atoms with van der Waals surface area (Å²) >= 11 is 6.14. The number of amides is 1. The third kappa shape index (κ3) is 4.26. The normalized spacial score (nSPS) is 21.0. The molecule has 1 aliphatic heterocycles. The fourth-order valence-electron chi connectivity index (χ4n) is 2.63. The molecule has 1 saturated heterocycles. The second kappa shape index (κ2) is 7.66. The molecular weight excluding hydrogens is 334 g/mol. The van der Waals surface area contributed by atoms with Gasteiger partial charge in [-0.15, -0.1) is 0 Å².